The van der Waals surface area contributed by atoms with E-state index < -0.39 is 11.2 Å². The lowest BCUT2D eigenvalue weighted by Gasteiger charge is -2.39. The Morgan fingerprint density at radius 3 is 1.73 bits per heavy atom. The second-order valence-corrected chi connectivity index (χ2v) is 14.6. The Kier molecular flexibility index (Phi) is 17.6. The first kappa shape index (κ1) is 39.7. The van der Waals surface area contributed by atoms with Crippen LogP contribution in [0.25, 0.3) is 0 Å². The molecule has 0 aliphatic carbocycles. The molecular formula is C41H66N2O5. The molecule has 7 nitrogen and oxygen atoms in total. The monoisotopic (exact) mass is 666 g/mol. The molecule has 2 saturated heterocycles. The Bertz CT molecular complexity index is 1130. The minimum Gasteiger partial charge on any atom is -0.494 e. The Morgan fingerprint density at radius 2 is 1.25 bits per heavy atom. The summed E-state index contributed by atoms with van der Waals surface area (Å²) in [4.78, 5) is 13.9. The summed E-state index contributed by atoms with van der Waals surface area (Å²) in [5.74, 6) is 2.60. The fraction of sp³-hybridized carbons (Fsp3) is 0.683. The summed E-state index contributed by atoms with van der Waals surface area (Å²) in [6, 6.07) is 16.5. The van der Waals surface area contributed by atoms with Crippen molar-refractivity contribution in [3.05, 3.63) is 59.7 Å². The van der Waals surface area contributed by atoms with Gasteiger partial charge >= 0.3 is 6.09 Å². The van der Waals surface area contributed by atoms with Crippen molar-refractivity contribution in [1.29, 1.82) is 0 Å². The van der Waals surface area contributed by atoms with Crippen molar-refractivity contribution >= 4 is 6.09 Å². The zero-order valence-corrected chi connectivity index (χ0v) is 30.9. The molecule has 7 heteroatoms. The Hall–Kier alpha value is -2.77. The number of likely N-dealkylation sites (tertiary alicyclic amines) is 1. The molecule has 2 aromatic rings. The number of ether oxygens (including phenoxy) is 3. The lowest BCUT2D eigenvalue weighted by Crippen LogP contribution is -2.46. The summed E-state index contributed by atoms with van der Waals surface area (Å²) >= 11 is 0. The number of rotatable bonds is 16. The second kappa shape index (κ2) is 21.3. The molecule has 2 heterocycles. The number of unbranched alkanes of at least 4 members (excludes halogenated alkanes) is 8. The van der Waals surface area contributed by atoms with Gasteiger partial charge < -0.3 is 29.5 Å². The van der Waals surface area contributed by atoms with Crippen molar-refractivity contribution in [3.63, 3.8) is 0 Å². The largest absolute Gasteiger partial charge is 0.494 e. The molecule has 1 amide bonds. The zero-order valence-electron chi connectivity index (χ0n) is 30.9. The normalized spacial score (nSPS) is 16.5. The summed E-state index contributed by atoms with van der Waals surface area (Å²) in [5.41, 5.74) is 0.946. The molecule has 4 rings (SSSR count). The van der Waals surface area contributed by atoms with E-state index in [4.69, 9.17) is 14.2 Å². The van der Waals surface area contributed by atoms with Crippen LogP contribution < -0.4 is 14.8 Å². The van der Waals surface area contributed by atoms with Crippen molar-refractivity contribution in [2.75, 3.05) is 39.4 Å². The summed E-state index contributed by atoms with van der Waals surface area (Å²) in [6.07, 6.45) is 15.8. The fourth-order valence-electron chi connectivity index (χ4n) is 6.32. The second-order valence-electron chi connectivity index (χ2n) is 14.6. The third-order valence-electron chi connectivity index (χ3n) is 9.36. The molecule has 2 N–H and O–H groups in total. The number of aliphatic hydroxyl groups is 1. The van der Waals surface area contributed by atoms with Gasteiger partial charge in [0.15, 0.2) is 0 Å². The molecule has 270 valence electrons. The molecule has 0 aromatic heterocycles. The van der Waals surface area contributed by atoms with Gasteiger partial charge in [0.2, 0.25) is 0 Å². The fourth-order valence-corrected chi connectivity index (χ4v) is 6.32. The predicted octanol–water partition coefficient (Wildman–Crippen LogP) is 9.76. The van der Waals surface area contributed by atoms with E-state index in [-0.39, 0.29) is 6.09 Å². The predicted molar refractivity (Wildman–Crippen MR) is 197 cm³/mol. The lowest BCUT2D eigenvalue weighted by atomic mass is 9.84. The Balaban J connectivity index is 0.000000275. The van der Waals surface area contributed by atoms with Crippen molar-refractivity contribution in [1.82, 2.24) is 10.2 Å². The molecule has 0 spiro atoms. The molecule has 0 radical (unpaired) electrons. The average molecular weight is 667 g/mol. The zero-order chi connectivity index (χ0) is 34.7. The van der Waals surface area contributed by atoms with Crippen LogP contribution in [0, 0.1) is 0 Å². The number of hydrogen-bond acceptors (Lipinski definition) is 6. The molecule has 0 saturated carbocycles. The number of carbonyl (C=O) groups is 1. The third kappa shape index (κ3) is 14.8. The molecule has 2 aromatic carbocycles. The van der Waals surface area contributed by atoms with E-state index in [1.54, 1.807) is 4.90 Å². The van der Waals surface area contributed by atoms with Gasteiger partial charge in [-0.1, -0.05) is 89.5 Å². The van der Waals surface area contributed by atoms with Crippen LogP contribution >= 0.6 is 0 Å². The molecule has 2 aliphatic rings. The first-order chi connectivity index (χ1) is 23.1. The van der Waals surface area contributed by atoms with E-state index in [1.165, 1.54) is 76.2 Å². The van der Waals surface area contributed by atoms with E-state index in [0.717, 1.165) is 55.7 Å². The summed E-state index contributed by atoms with van der Waals surface area (Å²) in [6.45, 7) is 14.9. The maximum atomic E-state index is 12.2. The van der Waals surface area contributed by atoms with Gasteiger partial charge in [-0.3, -0.25) is 0 Å². The summed E-state index contributed by atoms with van der Waals surface area (Å²) < 4.78 is 17.0. The molecule has 0 bridgehead atoms. The standard InChI is InChI=1S/C23H37NO4.C18H29NO/c1-5-6-7-8-9-18-27-20-12-10-19(11-13-20)23(26)14-16-24(17-15-23)21(25)28-22(2,3)4;1-2-3-4-5-6-15-20-18-9-7-16(8-10-18)17-11-13-19-14-12-17/h10-13,26H,5-9,14-18H2,1-4H3;7-10,17,19H,2-6,11-15H2,1H3. The smallest absolute Gasteiger partial charge is 0.410 e. The van der Waals surface area contributed by atoms with Gasteiger partial charge in [-0.25, -0.2) is 4.79 Å². The van der Waals surface area contributed by atoms with E-state index >= 15 is 0 Å². The van der Waals surface area contributed by atoms with Crippen LogP contribution in [-0.2, 0) is 10.3 Å². The van der Waals surface area contributed by atoms with Crippen LogP contribution in [0.3, 0.4) is 0 Å². The van der Waals surface area contributed by atoms with Gasteiger partial charge in [0.05, 0.1) is 18.8 Å². The third-order valence-corrected chi connectivity index (χ3v) is 9.36. The van der Waals surface area contributed by atoms with Crippen LogP contribution in [0.15, 0.2) is 48.5 Å². The SMILES string of the molecule is CCCCCCCOc1ccc(C2(O)CCN(C(=O)OC(C)(C)C)CC2)cc1.CCCCCCCOc1ccc(C2CCNCC2)cc1. The van der Waals surface area contributed by atoms with E-state index in [0.29, 0.717) is 25.9 Å². The number of nitrogens with one attached hydrogen (secondary N) is 1. The van der Waals surface area contributed by atoms with Crippen LogP contribution in [0.4, 0.5) is 4.79 Å². The molecule has 0 unspecified atom stereocenters. The van der Waals surface area contributed by atoms with Crippen LogP contribution in [0.2, 0.25) is 0 Å². The van der Waals surface area contributed by atoms with Gasteiger partial charge in [0.1, 0.15) is 17.1 Å². The van der Waals surface area contributed by atoms with Gasteiger partial charge in [0.25, 0.3) is 0 Å². The highest BCUT2D eigenvalue weighted by Crippen LogP contribution is 2.34. The van der Waals surface area contributed by atoms with Gasteiger partial charge in [-0.2, -0.15) is 0 Å². The maximum Gasteiger partial charge on any atom is 0.410 e. The lowest BCUT2D eigenvalue weighted by molar-refractivity contribution is -0.0356. The number of nitrogens with zero attached hydrogens (tertiary/aromatic N) is 1. The quantitative estimate of drug-likeness (QED) is 0.174. The number of piperidine rings is 2. The van der Waals surface area contributed by atoms with E-state index in [1.807, 2.05) is 45.0 Å². The summed E-state index contributed by atoms with van der Waals surface area (Å²) in [7, 11) is 0. The van der Waals surface area contributed by atoms with Crippen molar-refractivity contribution in [3.8, 4) is 11.5 Å². The van der Waals surface area contributed by atoms with Crippen molar-refractivity contribution in [2.24, 2.45) is 0 Å². The van der Waals surface area contributed by atoms with Crippen LogP contribution in [-0.4, -0.2) is 61.1 Å². The highest BCUT2D eigenvalue weighted by atomic mass is 16.6. The van der Waals surface area contributed by atoms with Gasteiger partial charge in [0, 0.05) is 13.1 Å². The van der Waals surface area contributed by atoms with Crippen molar-refractivity contribution < 1.29 is 24.1 Å². The number of hydrogen-bond donors (Lipinski definition) is 2. The Labute approximate surface area is 292 Å². The molecule has 2 fully saturated rings. The summed E-state index contributed by atoms with van der Waals surface area (Å²) in [5, 5.41) is 14.5. The number of benzene rings is 2. The van der Waals surface area contributed by atoms with Crippen LogP contribution in [0.5, 0.6) is 11.5 Å². The average Bonchev–Trinajstić information content (AvgIpc) is 3.08. The first-order valence-electron chi connectivity index (χ1n) is 19.0. The first-order valence-corrected chi connectivity index (χ1v) is 19.0. The number of carbonyl (C=O) groups excluding carboxylic acids is 1. The molecule has 48 heavy (non-hydrogen) atoms. The minimum absolute atomic E-state index is 0.308. The Morgan fingerprint density at radius 1 is 0.771 bits per heavy atom. The van der Waals surface area contributed by atoms with Crippen LogP contribution in [0.1, 0.15) is 142 Å². The van der Waals surface area contributed by atoms with E-state index in [9.17, 15) is 9.90 Å². The van der Waals surface area contributed by atoms with Gasteiger partial charge in [-0.15, -0.1) is 0 Å². The number of amides is 1. The van der Waals surface area contributed by atoms with Crippen molar-refractivity contribution in [2.45, 2.75) is 142 Å². The highest BCUT2D eigenvalue weighted by molar-refractivity contribution is 5.68. The maximum absolute atomic E-state index is 12.2. The highest BCUT2D eigenvalue weighted by Gasteiger charge is 2.36. The van der Waals surface area contributed by atoms with Gasteiger partial charge in [-0.05, 0) is 114 Å². The molecule has 0 atom stereocenters. The topological polar surface area (TPSA) is 80.3 Å². The minimum atomic E-state index is -0.906. The molecular weight excluding hydrogens is 600 g/mol. The van der Waals surface area contributed by atoms with E-state index in [2.05, 4.69) is 43.4 Å². The molecule has 2 aliphatic heterocycles.